The zero-order valence-corrected chi connectivity index (χ0v) is 13.3. The molecule has 0 saturated heterocycles. The van der Waals surface area contributed by atoms with Gasteiger partial charge in [0.2, 0.25) is 10.0 Å². The second-order valence-electron chi connectivity index (χ2n) is 3.67. The molecule has 1 aromatic rings. The minimum Gasteiger partial charge on any atom is -0.381 e. The van der Waals surface area contributed by atoms with E-state index in [4.69, 9.17) is 4.74 Å². The van der Waals surface area contributed by atoms with E-state index < -0.39 is 10.0 Å². The van der Waals surface area contributed by atoms with Crippen molar-refractivity contribution < 1.29 is 13.2 Å². The minimum atomic E-state index is -3.29. The first-order valence-electron chi connectivity index (χ1n) is 5.33. The number of hydrogen-bond donors (Lipinski definition) is 0. The SMILES string of the molecule is COC/C=C\CN(c1ccccc1I)S(C)(=O)=O. The van der Waals surface area contributed by atoms with E-state index in [1.54, 1.807) is 25.3 Å². The summed E-state index contributed by atoms with van der Waals surface area (Å²) in [7, 11) is -1.70. The van der Waals surface area contributed by atoms with Crippen molar-refractivity contribution in [1.82, 2.24) is 0 Å². The Morgan fingerprint density at radius 3 is 2.56 bits per heavy atom. The highest BCUT2D eigenvalue weighted by Crippen LogP contribution is 2.24. The first kappa shape index (κ1) is 15.5. The van der Waals surface area contributed by atoms with E-state index in [1.807, 2.05) is 18.2 Å². The van der Waals surface area contributed by atoms with Crippen LogP contribution in [0.5, 0.6) is 0 Å². The molecule has 0 saturated carbocycles. The second kappa shape index (κ2) is 7.10. The van der Waals surface area contributed by atoms with E-state index in [2.05, 4.69) is 22.6 Å². The van der Waals surface area contributed by atoms with E-state index in [-0.39, 0.29) is 0 Å². The summed E-state index contributed by atoms with van der Waals surface area (Å²) >= 11 is 2.13. The van der Waals surface area contributed by atoms with Gasteiger partial charge in [-0.25, -0.2) is 8.42 Å². The van der Waals surface area contributed by atoms with Crippen LogP contribution in [0.4, 0.5) is 5.69 Å². The van der Waals surface area contributed by atoms with Gasteiger partial charge in [0.05, 0.1) is 25.1 Å². The van der Waals surface area contributed by atoms with E-state index in [0.717, 1.165) is 3.57 Å². The van der Waals surface area contributed by atoms with E-state index in [1.165, 1.54) is 10.6 Å². The Hall–Kier alpha value is -0.600. The summed E-state index contributed by atoms with van der Waals surface area (Å²) in [6, 6.07) is 7.39. The van der Waals surface area contributed by atoms with E-state index >= 15 is 0 Å². The van der Waals surface area contributed by atoms with Crippen molar-refractivity contribution in [1.29, 1.82) is 0 Å². The van der Waals surface area contributed by atoms with Crippen molar-refractivity contribution in [3.63, 3.8) is 0 Å². The zero-order chi connectivity index (χ0) is 13.6. The van der Waals surface area contributed by atoms with Gasteiger partial charge >= 0.3 is 0 Å². The Morgan fingerprint density at radius 1 is 1.33 bits per heavy atom. The van der Waals surface area contributed by atoms with Gasteiger partial charge in [0.15, 0.2) is 0 Å². The molecule has 0 N–H and O–H groups in total. The molecule has 100 valence electrons. The molecular formula is C12H16INO3S. The standard InChI is InChI=1S/C12H16INO3S/c1-17-10-6-5-9-14(18(2,15)16)12-8-4-3-7-11(12)13/h3-8H,9-10H2,1-2H3/b6-5-. The largest absolute Gasteiger partial charge is 0.381 e. The number of ether oxygens (including phenoxy) is 1. The van der Waals surface area contributed by atoms with Crippen LogP contribution in [0, 0.1) is 3.57 Å². The Labute approximate surface area is 122 Å². The number of anilines is 1. The summed E-state index contributed by atoms with van der Waals surface area (Å²) in [5.41, 5.74) is 0.697. The summed E-state index contributed by atoms with van der Waals surface area (Å²) in [6.45, 7) is 0.783. The van der Waals surface area contributed by atoms with Crippen LogP contribution in [0.2, 0.25) is 0 Å². The van der Waals surface area contributed by atoms with Crippen LogP contribution < -0.4 is 4.31 Å². The van der Waals surface area contributed by atoms with Crippen LogP contribution in [0.25, 0.3) is 0 Å². The van der Waals surface area contributed by atoms with Gasteiger partial charge in [-0.15, -0.1) is 0 Å². The predicted octanol–water partition coefficient (Wildman–Crippen LogP) is 2.26. The molecule has 1 aromatic carbocycles. The third-order valence-electron chi connectivity index (χ3n) is 2.22. The van der Waals surface area contributed by atoms with Crippen molar-refractivity contribution in [3.05, 3.63) is 40.0 Å². The Kier molecular flexibility index (Phi) is 6.10. The van der Waals surface area contributed by atoms with Crippen LogP contribution in [0.15, 0.2) is 36.4 Å². The second-order valence-corrected chi connectivity index (χ2v) is 6.74. The molecule has 1 rings (SSSR count). The number of halogens is 1. The first-order chi connectivity index (χ1) is 8.46. The van der Waals surface area contributed by atoms with Crippen molar-refractivity contribution in [2.45, 2.75) is 0 Å². The van der Waals surface area contributed by atoms with Gasteiger partial charge in [-0.1, -0.05) is 24.3 Å². The third kappa shape index (κ3) is 4.58. The summed E-state index contributed by atoms with van der Waals surface area (Å²) in [4.78, 5) is 0. The topological polar surface area (TPSA) is 46.6 Å². The highest BCUT2D eigenvalue weighted by molar-refractivity contribution is 14.1. The lowest BCUT2D eigenvalue weighted by atomic mass is 10.3. The predicted molar refractivity (Wildman–Crippen MR) is 82.4 cm³/mol. The highest BCUT2D eigenvalue weighted by Gasteiger charge is 2.17. The fourth-order valence-electron chi connectivity index (χ4n) is 1.40. The average Bonchev–Trinajstić information content (AvgIpc) is 2.29. The molecule has 4 nitrogen and oxygen atoms in total. The molecule has 0 bridgehead atoms. The quantitative estimate of drug-likeness (QED) is 0.561. The molecule has 0 aliphatic heterocycles. The number of nitrogens with zero attached hydrogens (tertiary/aromatic N) is 1. The monoisotopic (exact) mass is 381 g/mol. The summed E-state index contributed by atoms with van der Waals surface area (Å²) in [5, 5.41) is 0. The Bertz CT molecular complexity index is 514. The number of hydrogen-bond acceptors (Lipinski definition) is 3. The average molecular weight is 381 g/mol. The minimum absolute atomic E-state index is 0.308. The molecule has 0 heterocycles. The number of para-hydroxylation sites is 1. The Balaban J connectivity index is 2.97. The maximum Gasteiger partial charge on any atom is 0.232 e. The third-order valence-corrected chi connectivity index (χ3v) is 4.28. The molecule has 0 aromatic heterocycles. The molecule has 0 unspecified atom stereocenters. The van der Waals surface area contributed by atoms with Crippen LogP contribution >= 0.6 is 22.6 Å². The number of sulfonamides is 1. The first-order valence-corrected chi connectivity index (χ1v) is 8.25. The van der Waals surface area contributed by atoms with Crippen LogP contribution in [0.3, 0.4) is 0 Å². The van der Waals surface area contributed by atoms with Gasteiger partial charge < -0.3 is 4.74 Å². The Morgan fingerprint density at radius 2 is 2.00 bits per heavy atom. The summed E-state index contributed by atoms with van der Waals surface area (Å²) < 4.78 is 30.8. The molecule has 0 amide bonds. The van der Waals surface area contributed by atoms with Crippen molar-refractivity contribution in [3.8, 4) is 0 Å². The van der Waals surface area contributed by atoms with Gasteiger partial charge in [0.25, 0.3) is 0 Å². The number of benzene rings is 1. The normalized spacial score (nSPS) is 11.9. The molecule has 0 aliphatic carbocycles. The maximum atomic E-state index is 11.8. The summed E-state index contributed by atoms with van der Waals surface area (Å²) in [5.74, 6) is 0. The van der Waals surface area contributed by atoms with Crippen molar-refractivity contribution >= 4 is 38.3 Å². The lowest BCUT2D eigenvalue weighted by molar-refractivity contribution is 0.233. The van der Waals surface area contributed by atoms with Gasteiger partial charge in [-0.2, -0.15) is 0 Å². The fourth-order valence-corrected chi connectivity index (χ4v) is 3.12. The van der Waals surface area contributed by atoms with Crippen LogP contribution in [-0.4, -0.2) is 34.9 Å². The number of rotatable bonds is 6. The molecule has 18 heavy (non-hydrogen) atoms. The van der Waals surface area contributed by atoms with Gasteiger partial charge in [-0.05, 0) is 34.7 Å². The maximum absolute atomic E-state index is 11.8. The van der Waals surface area contributed by atoms with Crippen molar-refractivity contribution in [2.24, 2.45) is 0 Å². The lowest BCUT2D eigenvalue weighted by Gasteiger charge is -2.22. The molecule has 0 aliphatic rings. The highest BCUT2D eigenvalue weighted by atomic mass is 127. The van der Waals surface area contributed by atoms with E-state index in [9.17, 15) is 8.42 Å². The number of methoxy groups -OCH3 is 1. The molecule has 0 atom stereocenters. The fraction of sp³-hybridized carbons (Fsp3) is 0.333. The smallest absolute Gasteiger partial charge is 0.232 e. The zero-order valence-electron chi connectivity index (χ0n) is 10.3. The van der Waals surface area contributed by atoms with E-state index in [0.29, 0.717) is 18.8 Å². The molecule has 6 heteroatoms. The lowest BCUT2D eigenvalue weighted by Crippen LogP contribution is -2.30. The van der Waals surface area contributed by atoms with Crippen molar-refractivity contribution in [2.75, 3.05) is 30.8 Å². The molecule has 0 radical (unpaired) electrons. The molecule has 0 spiro atoms. The van der Waals surface area contributed by atoms with Crippen LogP contribution in [-0.2, 0) is 14.8 Å². The van der Waals surface area contributed by atoms with Gasteiger partial charge in [0, 0.05) is 10.7 Å². The van der Waals surface area contributed by atoms with Gasteiger partial charge in [-0.3, -0.25) is 4.31 Å². The summed E-state index contributed by atoms with van der Waals surface area (Å²) in [6.07, 6.45) is 4.79. The van der Waals surface area contributed by atoms with Crippen LogP contribution in [0.1, 0.15) is 0 Å². The van der Waals surface area contributed by atoms with Gasteiger partial charge in [0.1, 0.15) is 0 Å². The molecular weight excluding hydrogens is 365 g/mol. The molecule has 0 fully saturated rings.